The molecule has 0 spiro atoms. The van der Waals surface area contributed by atoms with E-state index in [4.69, 9.17) is 17.3 Å². The van der Waals surface area contributed by atoms with Gasteiger partial charge < -0.3 is 11.1 Å². The van der Waals surface area contributed by atoms with Gasteiger partial charge in [-0.25, -0.2) is 0 Å². The highest BCUT2D eigenvalue weighted by molar-refractivity contribution is 6.31. The third kappa shape index (κ3) is 4.40. The van der Waals surface area contributed by atoms with Gasteiger partial charge in [0.15, 0.2) is 0 Å². The smallest absolute Gasteiger partial charge is 0.330 e. The lowest BCUT2D eigenvalue weighted by molar-refractivity contribution is -0.137. The van der Waals surface area contributed by atoms with Crippen molar-refractivity contribution in [1.82, 2.24) is 0 Å². The van der Waals surface area contributed by atoms with E-state index in [1.54, 1.807) is 6.92 Å². The van der Waals surface area contributed by atoms with Crippen LogP contribution in [-0.2, 0) is 11.0 Å². The molecular weight excluding hydrogens is 281 g/mol. The summed E-state index contributed by atoms with van der Waals surface area (Å²) in [5.74, 6) is -0.740. The molecule has 3 N–H and O–H groups in total. The zero-order valence-corrected chi connectivity index (χ0v) is 11.0. The van der Waals surface area contributed by atoms with Crippen LogP contribution in [0.15, 0.2) is 18.2 Å². The molecule has 0 aromatic heterocycles. The molecule has 0 saturated carbocycles. The molecule has 7 heteroatoms. The predicted molar refractivity (Wildman–Crippen MR) is 67.9 cm³/mol. The molecular formula is C12H14ClF3N2O. The maximum Gasteiger partial charge on any atom is 0.417 e. The fraction of sp³-hybridized carbons (Fsp3) is 0.417. The molecule has 0 fully saturated rings. The monoisotopic (exact) mass is 294 g/mol. The van der Waals surface area contributed by atoms with Crippen LogP contribution in [0.2, 0.25) is 5.02 Å². The number of alkyl halides is 3. The summed E-state index contributed by atoms with van der Waals surface area (Å²) in [4.78, 5) is 11.7. The summed E-state index contributed by atoms with van der Waals surface area (Å²) in [5, 5.41) is 2.01. The molecule has 1 unspecified atom stereocenters. The predicted octanol–water partition coefficient (Wildman–Crippen LogP) is 3.28. The second kappa shape index (κ2) is 6.25. The summed E-state index contributed by atoms with van der Waals surface area (Å²) in [6.45, 7) is 1.99. The van der Waals surface area contributed by atoms with Gasteiger partial charge in [0.2, 0.25) is 5.91 Å². The van der Waals surface area contributed by atoms with E-state index < -0.39 is 16.8 Å². The molecule has 0 saturated heterocycles. The maximum atomic E-state index is 12.6. The van der Waals surface area contributed by atoms with Gasteiger partial charge in [-0.2, -0.15) is 13.2 Å². The molecule has 19 heavy (non-hydrogen) atoms. The molecule has 1 aromatic carbocycles. The Balaban J connectivity index is 2.89. The van der Waals surface area contributed by atoms with E-state index in [1.165, 1.54) is 6.07 Å². The summed E-state index contributed by atoms with van der Waals surface area (Å²) in [7, 11) is 0. The van der Waals surface area contributed by atoms with E-state index >= 15 is 0 Å². The van der Waals surface area contributed by atoms with Crippen molar-refractivity contribution >= 4 is 23.2 Å². The van der Waals surface area contributed by atoms with Gasteiger partial charge in [-0.15, -0.1) is 0 Å². The van der Waals surface area contributed by atoms with Gasteiger partial charge in [-0.1, -0.05) is 18.5 Å². The van der Waals surface area contributed by atoms with E-state index in [-0.39, 0.29) is 17.5 Å². The van der Waals surface area contributed by atoms with E-state index in [1.807, 2.05) is 0 Å². The minimum absolute atomic E-state index is 0.0607. The first-order valence-corrected chi connectivity index (χ1v) is 6.01. The van der Waals surface area contributed by atoms with Crippen molar-refractivity contribution in [3.8, 4) is 0 Å². The van der Waals surface area contributed by atoms with E-state index in [2.05, 4.69) is 5.32 Å². The standard InChI is InChI=1S/C12H14ClF3N2O/c1-7(4-5-17)11(19)18-8-2-3-10(13)9(6-8)12(14,15)16/h2-3,6-7H,4-5,17H2,1H3,(H,18,19). The van der Waals surface area contributed by atoms with Crippen LogP contribution in [0, 0.1) is 5.92 Å². The van der Waals surface area contributed by atoms with Crippen LogP contribution in [-0.4, -0.2) is 12.5 Å². The number of nitrogens with one attached hydrogen (secondary N) is 1. The Bertz CT molecular complexity index is 463. The highest BCUT2D eigenvalue weighted by Gasteiger charge is 2.33. The minimum atomic E-state index is -4.55. The second-order valence-electron chi connectivity index (χ2n) is 4.16. The third-order valence-corrected chi connectivity index (χ3v) is 2.92. The number of carbonyl (C=O) groups is 1. The first-order chi connectivity index (χ1) is 8.75. The highest BCUT2D eigenvalue weighted by atomic mass is 35.5. The zero-order valence-electron chi connectivity index (χ0n) is 10.2. The molecule has 3 nitrogen and oxygen atoms in total. The van der Waals surface area contributed by atoms with Crippen LogP contribution in [0.5, 0.6) is 0 Å². The van der Waals surface area contributed by atoms with Gasteiger partial charge in [-0.05, 0) is 31.2 Å². The summed E-state index contributed by atoms with van der Waals surface area (Å²) >= 11 is 5.48. The van der Waals surface area contributed by atoms with Crippen LogP contribution in [0.25, 0.3) is 0 Å². The van der Waals surface area contributed by atoms with Gasteiger partial charge in [0.1, 0.15) is 0 Å². The summed E-state index contributed by atoms with van der Waals surface area (Å²) in [5.41, 5.74) is 4.40. The second-order valence-corrected chi connectivity index (χ2v) is 4.57. The lowest BCUT2D eigenvalue weighted by atomic mass is 10.1. The molecule has 1 atom stereocenters. The van der Waals surface area contributed by atoms with Gasteiger partial charge in [0.05, 0.1) is 10.6 Å². The summed E-state index contributed by atoms with van der Waals surface area (Å²) in [6.07, 6.45) is -4.09. The maximum absolute atomic E-state index is 12.6. The van der Waals surface area contributed by atoms with Crippen molar-refractivity contribution in [3.05, 3.63) is 28.8 Å². The lowest BCUT2D eigenvalue weighted by Crippen LogP contribution is -2.23. The lowest BCUT2D eigenvalue weighted by Gasteiger charge is -2.14. The molecule has 0 radical (unpaired) electrons. The van der Waals surface area contributed by atoms with Crippen molar-refractivity contribution in [2.24, 2.45) is 11.7 Å². The van der Waals surface area contributed by atoms with Crippen molar-refractivity contribution in [1.29, 1.82) is 0 Å². The first kappa shape index (κ1) is 15.8. The van der Waals surface area contributed by atoms with Crippen molar-refractivity contribution in [2.75, 3.05) is 11.9 Å². The van der Waals surface area contributed by atoms with Crippen molar-refractivity contribution in [3.63, 3.8) is 0 Å². The molecule has 1 aromatic rings. The molecule has 0 bridgehead atoms. The Hall–Kier alpha value is -1.27. The van der Waals surface area contributed by atoms with Gasteiger partial charge in [-0.3, -0.25) is 4.79 Å². The van der Waals surface area contributed by atoms with Gasteiger partial charge >= 0.3 is 6.18 Å². The molecule has 1 amide bonds. The van der Waals surface area contributed by atoms with Crippen molar-refractivity contribution < 1.29 is 18.0 Å². The number of hydrogen-bond donors (Lipinski definition) is 2. The quantitative estimate of drug-likeness (QED) is 0.895. The Kier molecular flexibility index (Phi) is 5.20. The van der Waals surface area contributed by atoms with Gasteiger partial charge in [0.25, 0.3) is 0 Å². The fourth-order valence-electron chi connectivity index (χ4n) is 1.47. The van der Waals surface area contributed by atoms with E-state index in [0.717, 1.165) is 12.1 Å². The van der Waals surface area contributed by atoms with E-state index in [0.29, 0.717) is 13.0 Å². The number of amides is 1. The third-order valence-electron chi connectivity index (χ3n) is 2.59. The number of hydrogen-bond acceptors (Lipinski definition) is 2. The normalized spacial score (nSPS) is 13.2. The van der Waals surface area contributed by atoms with Crippen LogP contribution >= 0.6 is 11.6 Å². The molecule has 106 valence electrons. The summed E-state index contributed by atoms with van der Waals surface area (Å²) < 4.78 is 37.9. The molecule has 0 aliphatic heterocycles. The van der Waals surface area contributed by atoms with Crippen LogP contribution in [0.1, 0.15) is 18.9 Å². The van der Waals surface area contributed by atoms with Crippen LogP contribution in [0.4, 0.5) is 18.9 Å². The largest absolute Gasteiger partial charge is 0.417 e. The Labute approximate surface area is 113 Å². The number of benzene rings is 1. The Morgan fingerprint density at radius 2 is 2.11 bits per heavy atom. The zero-order chi connectivity index (χ0) is 14.6. The topological polar surface area (TPSA) is 55.1 Å². The molecule has 0 aliphatic rings. The van der Waals surface area contributed by atoms with Crippen molar-refractivity contribution in [2.45, 2.75) is 19.5 Å². The average Bonchev–Trinajstić information content (AvgIpc) is 2.30. The first-order valence-electron chi connectivity index (χ1n) is 5.63. The Morgan fingerprint density at radius 3 is 2.63 bits per heavy atom. The SMILES string of the molecule is CC(CCN)C(=O)Nc1ccc(Cl)c(C(F)(F)F)c1. The molecule has 0 heterocycles. The highest BCUT2D eigenvalue weighted by Crippen LogP contribution is 2.36. The van der Waals surface area contributed by atoms with E-state index in [9.17, 15) is 18.0 Å². The number of rotatable bonds is 4. The molecule has 1 rings (SSSR count). The summed E-state index contributed by atoms with van der Waals surface area (Å²) in [6, 6.07) is 3.24. The Morgan fingerprint density at radius 1 is 1.47 bits per heavy atom. The number of nitrogens with two attached hydrogens (primary N) is 1. The number of halogens is 4. The minimum Gasteiger partial charge on any atom is -0.330 e. The fourth-order valence-corrected chi connectivity index (χ4v) is 1.69. The van der Waals surface area contributed by atoms with Crippen LogP contribution in [0.3, 0.4) is 0 Å². The molecule has 0 aliphatic carbocycles. The number of anilines is 1. The number of carbonyl (C=O) groups excluding carboxylic acids is 1. The average molecular weight is 295 g/mol. The van der Waals surface area contributed by atoms with Crippen LogP contribution < -0.4 is 11.1 Å². The van der Waals surface area contributed by atoms with Gasteiger partial charge in [0, 0.05) is 11.6 Å².